The Bertz CT molecular complexity index is 379. The number of hydrogen-bond donors (Lipinski definition) is 2. The van der Waals surface area contributed by atoms with Crippen molar-refractivity contribution in [2.24, 2.45) is 5.73 Å². The second-order valence-electron chi connectivity index (χ2n) is 3.42. The molecule has 0 fully saturated rings. The lowest BCUT2D eigenvalue weighted by atomic mass is 10.2. The molecule has 0 amide bonds. The van der Waals surface area contributed by atoms with Crippen LogP contribution in [0, 0.1) is 10.1 Å². The SMILES string of the molecule is CC(O)COc1ccc(CN)cc1[N+](=O)[O-]. The van der Waals surface area contributed by atoms with E-state index >= 15 is 0 Å². The Kier molecular flexibility index (Phi) is 4.21. The summed E-state index contributed by atoms with van der Waals surface area (Å²) < 4.78 is 5.13. The third-order valence-corrected chi connectivity index (χ3v) is 1.94. The highest BCUT2D eigenvalue weighted by molar-refractivity contribution is 5.48. The van der Waals surface area contributed by atoms with Gasteiger partial charge in [0.2, 0.25) is 0 Å². The van der Waals surface area contributed by atoms with E-state index in [1.165, 1.54) is 12.1 Å². The summed E-state index contributed by atoms with van der Waals surface area (Å²) in [5, 5.41) is 19.8. The topological polar surface area (TPSA) is 98.6 Å². The summed E-state index contributed by atoms with van der Waals surface area (Å²) in [6, 6.07) is 4.52. The zero-order valence-electron chi connectivity index (χ0n) is 8.92. The van der Waals surface area contributed by atoms with Gasteiger partial charge >= 0.3 is 5.69 Å². The number of rotatable bonds is 5. The largest absolute Gasteiger partial charge is 0.484 e. The molecule has 0 aliphatic rings. The fraction of sp³-hybridized carbons (Fsp3) is 0.400. The Balaban J connectivity index is 2.94. The van der Waals surface area contributed by atoms with Crippen LogP contribution in [-0.4, -0.2) is 22.7 Å². The van der Waals surface area contributed by atoms with Crippen LogP contribution >= 0.6 is 0 Å². The standard InChI is InChI=1S/C10H14N2O4/c1-7(13)6-16-10-3-2-8(5-11)4-9(10)12(14)15/h2-4,7,13H,5-6,11H2,1H3. The lowest BCUT2D eigenvalue weighted by molar-refractivity contribution is -0.386. The Labute approximate surface area is 92.8 Å². The third-order valence-electron chi connectivity index (χ3n) is 1.94. The van der Waals surface area contributed by atoms with Crippen LogP contribution < -0.4 is 10.5 Å². The van der Waals surface area contributed by atoms with Gasteiger partial charge in [-0.25, -0.2) is 0 Å². The number of ether oxygens (including phenoxy) is 1. The first kappa shape index (κ1) is 12.4. The number of benzene rings is 1. The number of hydrogen-bond acceptors (Lipinski definition) is 5. The van der Waals surface area contributed by atoms with Crippen molar-refractivity contribution in [2.75, 3.05) is 6.61 Å². The average Bonchev–Trinajstić information content (AvgIpc) is 2.25. The number of aliphatic hydroxyl groups is 1. The summed E-state index contributed by atoms with van der Waals surface area (Å²) in [4.78, 5) is 10.2. The van der Waals surface area contributed by atoms with Gasteiger partial charge in [-0.2, -0.15) is 0 Å². The zero-order valence-corrected chi connectivity index (χ0v) is 8.92. The van der Waals surface area contributed by atoms with Gasteiger partial charge in [-0.05, 0) is 18.6 Å². The predicted octanol–water partition coefficient (Wildman–Crippen LogP) is 0.813. The molecule has 0 spiro atoms. The molecule has 0 bridgehead atoms. The summed E-state index contributed by atoms with van der Waals surface area (Å²) in [6.07, 6.45) is -0.672. The highest BCUT2D eigenvalue weighted by Crippen LogP contribution is 2.27. The van der Waals surface area contributed by atoms with E-state index in [0.29, 0.717) is 5.56 Å². The minimum Gasteiger partial charge on any atom is -0.484 e. The van der Waals surface area contributed by atoms with Gasteiger partial charge < -0.3 is 15.6 Å². The summed E-state index contributed by atoms with van der Waals surface area (Å²) >= 11 is 0. The maximum absolute atomic E-state index is 10.8. The van der Waals surface area contributed by atoms with Gasteiger partial charge in [0.25, 0.3) is 0 Å². The molecule has 1 unspecified atom stereocenters. The highest BCUT2D eigenvalue weighted by Gasteiger charge is 2.16. The number of nitro benzene ring substituents is 1. The summed E-state index contributed by atoms with van der Waals surface area (Å²) in [7, 11) is 0. The minimum atomic E-state index is -0.672. The van der Waals surface area contributed by atoms with Gasteiger partial charge in [0.05, 0.1) is 11.0 Å². The number of nitro groups is 1. The monoisotopic (exact) mass is 226 g/mol. The number of nitrogens with two attached hydrogens (primary N) is 1. The van der Waals surface area contributed by atoms with Crippen LogP contribution in [0.1, 0.15) is 12.5 Å². The molecule has 0 heterocycles. The smallest absolute Gasteiger partial charge is 0.311 e. The van der Waals surface area contributed by atoms with Gasteiger partial charge in [0.15, 0.2) is 5.75 Å². The molecule has 0 aliphatic carbocycles. The molecule has 3 N–H and O–H groups in total. The molecule has 1 aromatic rings. The van der Waals surface area contributed by atoms with E-state index in [0.717, 1.165) is 0 Å². The van der Waals surface area contributed by atoms with E-state index in [-0.39, 0.29) is 24.6 Å². The first-order chi connectivity index (χ1) is 7.54. The van der Waals surface area contributed by atoms with Crippen molar-refractivity contribution in [1.82, 2.24) is 0 Å². The quantitative estimate of drug-likeness (QED) is 0.571. The van der Waals surface area contributed by atoms with Gasteiger partial charge in [-0.15, -0.1) is 0 Å². The Morgan fingerprint density at radius 3 is 2.81 bits per heavy atom. The Morgan fingerprint density at radius 2 is 2.31 bits per heavy atom. The highest BCUT2D eigenvalue weighted by atomic mass is 16.6. The lowest BCUT2D eigenvalue weighted by Crippen LogP contribution is -2.13. The normalized spacial score (nSPS) is 12.2. The van der Waals surface area contributed by atoms with Crippen LogP contribution in [0.5, 0.6) is 5.75 Å². The Morgan fingerprint density at radius 1 is 1.62 bits per heavy atom. The van der Waals surface area contributed by atoms with Crippen molar-refractivity contribution in [1.29, 1.82) is 0 Å². The summed E-state index contributed by atoms with van der Waals surface area (Å²) in [5.74, 6) is 0.142. The molecule has 16 heavy (non-hydrogen) atoms. The molecule has 6 nitrogen and oxygen atoms in total. The average molecular weight is 226 g/mol. The summed E-state index contributed by atoms with van der Waals surface area (Å²) in [5.41, 5.74) is 5.92. The molecule has 1 rings (SSSR count). The molecule has 1 atom stereocenters. The predicted molar refractivity (Wildman–Crippen MR) is 58.2 cm³/mol. The van der Waals surface area contributed by atoms with E-state index < -0.39 is 11.0 Å². The van der Waals surface area contributed by atoms with Crippen molar-refractivity contribution < 1.29 is 14.8 Å². The van der Waals surface area contributed by atoms with E-state index in [9.17, 15) is 10.1 Å². The van der Waals surface area contributed by atoms with Crippen molar-refractivity contribution in [3.05, 3.63) is 33.9 Å². The number of aliphatic hydroxyl groups excluding tert-OH is 1. The van der Waals surface area contributed by atoms with Crippen molar-refractivity contribution >= 4 is 5.69 Å². The second-order valence-corrected chi connectivity index (χ2v) is 3.42. The van der Waals surface area contributed by atoms with Crippen molar-refractivity contribution in [2.45, 2.75) is 19.6 Å². The molecule has 0 aliphatic heterocycles. The van der Waals surface area contributed by atoms with Gasteiger partial charge in [-0.1, -0.05) is 6.07 Å². The fourth-order valence-corrected chi connectivity index (χ4v) is 1.17. The minimum absolute atomic E-state index is 0.0167. The van der Waals surface area contributed by atoms with E-state index in [1.807, 2.05) is 0 Å². The van der Waals surface area contributed by atoms with Crippen LogP contribution in [0.25, 0.3) is 0 Å². The first-order valence-electron chi connectivity index (χ1n) is 4.83. The molecule has 0 aromatic heterocycles. The molecular formula is C10H14N2O4. The molecule has 0 saturated heterocycles. The molecule has 6 heteroatoms. The maximum atomic E-state index is 10.8. The van der Waals surface area contributed by atoms with Crippen molar-refractivity contribution in [3.8, 4) is 5.75 Å². The van der Waals surface area contributed by atoms with Crippen LogP contribution in [-0.2, 0) is 6.54 Å². The zero-order chi connectivity index (χ0) is 12.1. The van der Waals surface area contributed by atoms with Crippen LogP contribution in [0.2, 0.25) is 0 Å². The van der Waals surface area contributed by atoms with Gasteiger partial charge in [0.1, 0.15) is 6.61 Å². The van der Waals surface area contributed by atoms with Gasteiger partial charge in [0, 0.05) is 12.6 Å². The summed E-state index contributed by atoms with van der Waals surface area (Å²) in [6.45, 7) is 1.79. The maximum Gasteiger partial charge on any atom is 0.311 e. The molecular weight excluding hydrogens is 212 g/mol. The van der Waals surface area contributed by atoms with E-state index in [4.69, 9.17) is 15.6 Å². The van der Waals surface area contributed by atoms with E-state index in [1.54, 1.807) is 13.0 Å². The molecule has 88 valence electrons. The molecule has 0 saturated carbocycles. The van der Waals surface area contributed by atoms with Crippen molar-refractivity contribution in [3.63, 3.8) is 0 Å². The molecule has 1 aromatic carbocycles. The number of nitrogens with zero attached hydrogens (tertiary/aromatic N) is 1. The van der Waals surface area contributed by atoms with Gasteiger partial charge in [-0.3, -0.25) is 10.1 Å². The molecule has 0 radical (unpaired) electrons. The fourth-order valence-electron chi connectivity index (χ4n) is 1.17. The Hall–Kier alpha value is -1.66. The van der Waals surface area contributed by atoms with E-state index in [2.05, 4.69) is 0 Å². The lowest BCUT2D eigenvalue weighted by Gasteiger charge is -2.09. The third kappa shape index (κ3) is 3.18. The first-order valence-corrected chi connectivity index (χ1v) is 4.83. The van der Waals surface area contributed by atoms with Crippen LogP contribution in [0.3, 0.4) is 0 Å². The van der Waals surface area contributed by atoms with Crippen LogP contribution in [0.15, 0.2) is 18.2 Å². The second kappa shape index (κ2) is 5.43. The van der Waals surface area contributed by atoms with Crippen LogP contribution in [0.4, 0.5) is 5.69 Å².